The molecule has 0 saturated carbocycles. The van der Waals surface area contributed by atoms with Gasteiger partial charge in [0, 0.05) is 22.9 Å². The Labute approximate surface area is 190 Å². The van der Waals surface area contributed by atoms with Crippen LogP contribution < -0.4 is 4.74 Å². The number of aromatic hydroxyl groups is 2. The maximum absolute atomic E-state index is 12.4. The highest BCUT2D eigenvalue weighted by Gasteiger charge is 2.23. The second-order valence-electron chi connectivity index (χ2n) is 8.11. The molecule has 33 heavy (non-hydrogen) atoms. The molecule has 2 aromatic carbocycles. The average Bonchev–Trinajstić information content (AvgIpc) is 3.40. The first-order chi connectivity index (χ1) is 15.8. The number of carbonyl (C=O) groups is 2. The summed E-state index contributed by atoms with van der Waals surface area (Å²) < 4.78 is 12.4. The molecule has 4 rings (SSSR count). The number of ether oxygens (including phenoxy) is 2. The lowest BCUT2D eigenvalue weighted by Crippen LogP contribution is -2.14. The minimum Gasteiger partial charge on any atom is -0.494 e. The molecule has 1 aliphatic heterocycles. The molecule has 1 aliphatic rings. The predicted octanol–water partition coefficient (Wildman–Crippen LogP) is 4.05. The number of rotatable bonds is 6. The van der Waals surface area contributed by atoms with Crippen LogP contribution in [0.25, 0.3) is 10.8 Å². The van der Waals surface area contributed by atoms with Gasteiger partial charge in [0.2, 0.25) is 11.8 Å². The van der Waals surface area contributed by atoms with Gasteiger partial charge in [-0.15, -0.1) is 10.2 Å². The van der Waals surface area contributed by atoms with E-state index in [1.165, 1.54) is 22.8 Å². The summed E-state index contributed by atoms with van der Waals surface area (Å²) in [5.41, 5.74) is 2.00. The van der Waals surface area contributed by atoms with E-state index >= 15 is 0 Å². The van der Waals surface area contributed by atoms with E-state index in [0.717, 1.165) is 24.0 Å². The molecule has 1 atom stereocenters. The maximum atomic E-state index is 12.4. The molecule has 1 aromatic heterocycles. The lowest BCUT2D eigenvalue weighted by molar-refractivity contribution is -0.120. The van der Waals surface area contributed by atoms with Gasteiger partial charge in [-0.1, -0.05) is 12.1 Å². The van der Waals surface area contributed by atoms with Gasteiger partial charge in [-0.25, -0.2) is 0 Å². The Bertz CT molecular complexity index is 1240. The van der Waals surface area contributed by atoms with Crippen molar-refractivity contribution in [3.8, 4) is 17.5 Å². The van der Waals surface area contributed by atoms with Gasteiger partial charge in [0.1, 0.15) is 5.75 Å². The molecule has 0 bridgehead atoms. The van der Waals surface area contributed by atoms with Crippen molar-refractivity contribution in [2.75, 3.05) is 13.2 Å². The lowest BCUT2D eigenvalue weighted by atomic mass is 10.1. The highest BCUT2D eigenvalue weighted by molar-refractivity contribution is 6.02. The number of carbonyl (C=O) groups excluding carboxylic acids is 2. The molecule has 9 heteroatoms. The highest BCUT2D eigenvalue weighted by atomic mass is 16.5. The quantitative estimate of drug-likeness (QED) is 0.545. The third-order valence-corrected chi connectivity index (χ3v) is 5.62. The minimum absolute atomic E-state index is 0.0877. The molecule has 2 heterocycles. The van der Waals surface area contributed by atoms with E-state index in [4.69, 9.17) is 9.47 Å². The van der Waals surface area contributed by atoms with Crippen molar-refractivity contribution < 1.29 is 29.3 Å². The van der Waals surface area contributed by atoms with Crippen molar-refractivity contribution in [1.82, 2.24) is 4.57 Å². The zero-order valence-electron chi connectivity index (χ0n) is 18.4. The molecule has 2 N–H and O–H groups in total. The third-order valence-electron chi connectivity index (χ3n) is 5.62. The van der Waals surface area contributed by atoms with Crippen LogP contribution in [0.3, 0.4) is 0 Å². The molecule has 0 spiro atoms. The van der Waals surface area contributed by atoms with Crippen LogP contribution in [-0.4, -0.2) is 45.9 Å². The summed E-state index contributed by atoms with van der Waals surface area (Å²) in [5, 5.41) is 28.7. The number of fused-ring (bicyclic) bond motifs is 1. The number of amides is 2. The van der Waals surface area contributed by atoms with E-state index in [1.54, 1.807) is 0 Å². The Morgan fingerprint density at radius 2 is 1.88 bits per heavy atom. The minimum atomic E-state index is -0.747. The van der Waals surface area contributed by atoms with Gasteiger partial charge in [0.15, 0.2) is 6.61 Å². The number of aromatic nitrogens is 1. The summed E-state index contributed by atoms with van der Waals surface area (Å²) in [7, 11) is 0. The second kappa shape index (κ2) is 9.41. The van der Waals surface area contributed by atoms with Crippen LogP contribution in [0, 0.1) is 13.8 Å². The number of azo groups is 1. The Kier molecular flexibility index (Phi) is 6.41. The van der Waals surface area contributed by atoms with Gasteiger partial charge in [0.25, 0.3) is 5.91 Å². The van der Waals surface area contributed by atoms with Crippen LogP contribution in [0.15, 0.2) is 46.6 Å². The van der Waals surface area contributed by atoms with Crippen molar-refractivity contribution in [2.24, 2.45) is 10.2 Å². The molecule has 0 radical (unpaired) electrons. The Morgan fingerprint density at radius 3 is 2.64 bits per heavy atom. The zero-order chi connectivity index (χ0) is 23.5. The van der Waals surface area contributed by atoms with Gasteiger partial charge in [-0.3, -0.25) is 14.2 Å². The maximum Gasteiger partial charge on any atom is 0.302 e. The first kappa shape index (κ1) is 22.5. The molecular weight excluding hydrogens is 426 g/mol. The highest BCUT2D eigenvalue weighted by Crippen LogP contribution is 2.37. The van der Waals surface area contributed by atoms with Crippen molar-refractivity contribution in [2.45, 2.75) is 39.3 Å². The molecule has 2 amide bonds. The van der Waals surface area contributed by atoms with Crippen LogP contribution in [0.1, 0.15) is 34.3 Å². The molecule has 3 aromatic rings. The monoisotopic (exact) mass is 451 g/mol. The van der Waals surface area contributed by atoms with Gasteiger partial charge >= 0.3 is 5.91 Å². The number of aryl methyl sites for hydroxylation is 2. The summed E-state index contributed by atoms with van der Waals surface area (Å²) in [5.74, 6) is -1.14. The van der Waals surface area contributed by atoms with E-state index in [9.17, 15) is 19.8 Å². The topological polar surface area (TPSA) is 123 Å². The number of nitrogens with zero attached hydrogens (tertiary/aromatic N) is 3. The zero-order valence-corrected chi connectivity index (χ0v) is 18.4. The predicted molar refractivity (Wildman–Crippen MR) is 120 cm³/mol. The van der Waals surface area contributed by atoms with Crippen LogP contribution >= 0.6 is 0 Å². The second-order valence-corrected chi connectivity index (χ2v) is 8.11. The van der Waals surface area contributed by atoms with Gasteiger partial charge in [-0.05, 0) is 62.1 Å². The molecule has 172 valence electrons. The molecular formula is C24H25N3O6. The van der Waals surface area contributed by atoms with E-state index in [-0.39, 0.29) is 30.0 Å². The van der Waals surface area contributed by atoms with Crippen molar-refractivity contribution in [1.29, 1.82) is 0 Å². The average molecular weight is 451 g/mol. The number of hydrogen-bond donors (Lipinski definition) is 2. The van der Waals surface area contributed by atoms with Gasteiger partial charge in [0.05, 0.1) is 12.6 Å². The standard InChI is InChI=1S/C24H25N3O6/c1-14-5-6-15(2)20(10-14)33-13-21(28)25-26-22(29)16-7-8-18-19(11-16)24(31)27(23(18)30)12-17-4-3-9-32-17/h5-8,10-11,17,30-31H,3-4,9,12-13H2,1-2H3. The van der Waals surface area contributed by atoms with Crippen molar-refractivity contribution >= 4 is 22.6 Å². The number of benzene rings is 2. The Hall–Kier alpha value is -3.72. The lowest BCUT2D eigenvalue weighted by Gasteiger charge is -2.12. The van der Waals surface area contributed by atoms with E-state index < -0.39 is 11.8 Å². The summed E-state index contributed by atoms with van der Waals surface area (Å²) in [4.78, 5) is 24.4. The molecule has 1 fully saturated rings. The summed E-state index contributed by atoms with van der Waals surface area (Å²) in [6.07, 6.45) is 1.69. The van der Waals surface area contributed by atoms with Crippen LogP contribution in [0.4, 0.5) is 0 Å². The SMILES string of the molecule is Cc1ccc(C)c(OCC(=O)N=NC(=O)c2ccc3c(O)n(CC4CCCO4)c(O)c3c2)c1. The van der Waals surface area contributed by atoms with Gasteiger partial charge < -0.3 is 19.7 Å². The fourth-order valence-electron chi connectivity index (χ4n) is 3.80. The van der Waals surface area contributed by atoms with Crippen LogP contribution in [0.2, 0.25) is 0 Å². The Morgan fingerprint density at radius 1 is 1.09 bits per heavy atom. The van der Waals surface area contributed by atoms with E-state index in [0.29, 0.717) is 29.7 Å². The van der Waals surface area contributed by atoms with Crippen LogP contribution in [-0.2, 0) is 16.1 Å². The smallest absolute Gasteiger partial charge is 0.302 e. The first-order valence-corrected chi connectivity index (χ1v) is 10.7. The summed E-state index contributed by atoms with van der Waals surface area (Å²) in [6.45, 7) is 4.40. The first-order valence-electron chi connectivity index (χ1n) is 10.7. The third kappa shape index (κ3) is 4.88. The normalized spacial score (nSPS) is 16.0. The van der Waals surface area contributed by atoms with Crippen molar-refractivity contribution in [3.63, 3.8) is 0 Å². The molecule has 9 nitrogen and oxygen atoms in total. The fraction of sp³-hybridized carbons (Fsp3) is 0.333. The van der Waals surface area contributed by atoms with Crippen molar-refractivity contribution in [3.05, 3.63) is 53.1 Å². The molecule has 1 saturated heterocycles. The largest absolute Gasteiger partial charge is 0.494 e. The van der Waals surface area contributed by atoms with Crippen LogP contribution in [0.5, 0.6) is 17.5 Å². The van der Waals surface area contributed by atoms with Gasteiger partial charge in [-0.2, -0.15) is 0 Å². The summed E-state index contributed by atoms with van der Waals surface area (Å²) >= 11 is 0. The number of hydrogen-bond acceptors (Lipinski definition) is 6. The van der Waals surface area contributed by atoms with E-state index in [2.05, 4.69) is 10.2 Å². The Balaban J connectivity index is 1.45. The molecule has 0 aliphatic carbocycles. The summed E-state index contributed by atoms with van der Waals surface area (Å²) in [6, 6.07) is 10.0. The molecule has 1 unspecified atom stereocenters. The fourth-order valence-corrected chi connectivity index (χ4v) is 3.80. The van der Waals surface area contributed by atoms with E-state index in [1.807, 2.05) is 32.0 Å².